The second kappa shape index (κ2) is 13.7. The first-order valence-corrected chi connectivity index (χ1v) is 15.1. The number of carbonyl (C=O) groups excluding carboxylic acids is 1. The molecular weight excluding hydrogens is 523 g/mol. The van der Waals surface area contributed by atoms with Gasteiger partial charge in [-0.15, -0.1) is 0 Å². The number of ether oxygens (including phenoxy) is 2. The number of hydrogen-bond acceptors (Lipinski definition) is 3. The molecule has 5 aromatic carbocycles. The standard InChI is InChI=1S/C37H33O3P/c1-3-40-37(38)30(27-29-17-11-14-24-35(29)39-2)26-28-16-10-12-22-33(28)34-23-13-15-25-36(34)41(31-18-6-4-7-19-31)32-20-8-5-9-21-32/h4-25,27H,3,26H2,1-2H3/b30-27+. The molecule has 0 bridgehead atoms. The van der Waals surface area contributed by atoms with Gasteiger partial charge in [-0.3, -0.25) is 0 Å². The summed E-state index contributed by atoms with van der Waals surface area (Å²) in [5.41, 5.74) is 4.76. The van der Waals surface area contributed by atoms with Crippen LogP contribution in [0.5, 0.6) is 5.75 Å². The maximum absolute atomic E-state index is 13.2. The first-order valence-electron chi connectivity index (χ1n) is 13.8. The van der Waals surface area contributed by atoms with E-state index in [4.69, 9.17) is 9.47 Å². The lowest BCUT2D eigenvalue weighted by Gasteiger charge is -2.23. The van der Waals surface area contributed by atoms with E-state index in [9.17, 15) is 4.79 Å². The Labute approximate surface area is 243 Å². The van der Waals surface area contributed by atoms with Crippen molar-refractivity contribution < 1.29 is 14.3 Å². The lowest BCUT2D eigenvalue weighted by molar-refractivity contribution is -0.138. The summed E-state index contributed by atoms with van der Waals surface area (Å²) in [6.45, 7) is 2.14. The highest BCUT2D eigenvalue weighted by atomic mass is 31.1. The number of esters is 1. The highest BCUT2D eigenvalue weighted by molar-refractivity contribution is 7.80. The van der Waals surface area contributed by atoms with E-state index >= 15 is 0 Å². The lowest BCUT2D eigenvalue weighted by Crippen LogP contribution is -2.22. The molecule has 5 aromatic rings. The average Bonchev–Trinajstić information content (AvgIpc) is 3.03. The van der Waals surface area contributed by atoms with Crippen LogP contribution in [0.1, 0.15) is 18.1 Å². The number of carbonyl (C=O) groups is 1. The smallest absolute Gasteiger partial charge is 0.334 e. The molecule has 0 amide bonds. The first kappa shape index (κ1) is 28.1. The Bertz CT molecular complexity index is 1590. The van der Waals surface area contributed by atoms with Gasteiger partial charge < -0.3 is 9.47 Å². The highest BCUT2D eigenvalue weighted by Crippen LogP contribution is 2.38. The summed E-state index contributed by atoms with van der Waals surface area (Å²) in [5, 5.41) is 3.86. The number of para-hydroxylation sites is 1. The molecule has 0 N–H and O–H groups in total. The van der Waals surface area contributed by atoms with Gasteiger partial charge in [0.25, 0.3) is 0 Å². The van der Waals surface area contributed by atoms with Crippen molar-refractivity contribution in [1.29, 1.82) is 0 Å². The Hall–Kier alpha value is -4.46. The van der Waals surface area contributed by atoms with Gasteiger partial charge in [-0.25, -0.2) is 4.79 Å². The molecule has 0 radical (unpaired) electrons. The van der Waals surface area contributed by atoms with Crippen molar-refractivity contribution >= 4 is 35.9 Å². The number of rotatable bonds is 10. The van der Waals surface area contributed by atoms with Gasteiger partial charge in [0.15, 0.2) is 0 Å². The zero-order chi connectivity index (χ0) is 28.4. The molecule has 0 aliphatic carbocycles. The van der Waals surface area contributed by atoms with Gasteiger partial charge in [-0.05, 0) is 59.6 Å². The summed E-state index contributed by atoms with van der Waals surface area (Å²) in [5.74, 6) is 0.390. The topological polar surface area (TPSA) is 35.5 Å². The van der Waals surface area contributed by atoms with Crippen LogP contribution in [0.25, 0.3) is 17.2 Å². The minimum Gasteiger partial charge on any atom is -0.496 e. The molecule has 0 heterocycles. The Morgan fingerprint density at radius 2 is 1.24 bits per heavy atom. The van der Waals surface area contributed by atoms with E-state index in [1.807, 2.05) is 43.3 Å². The molecule has 0 aliphatic heterocycles. The zero-order valence-corrected chi connectivity index (χ0v) is 24.3. The largest absolute Gasteiger partial charge is 0.496 e. The number of benzene rings is 5. The van der Waals surface area contributed by atoms with E-state index in [2.05, 4.69) is 103 Å². The van der Waals surface area contributed by atoms with Crippen molar-refractivity contribution in [1.82, 2.24) is 0 Å². The third kappa shape index (κ3) is 6.65. The van der Waals surface area contributed by atoms with Gasteiger partial charge in [0, 0.05) is 17.6 Å². The SMILES string of the molecule is CCOC(=O)/C(=C/c1ccccc1OC)Cc1ccccc1-c1ccccc1P(c1ccccc1)c1ccccc1. The fourth-order valence-corrected chi connectivity index (χ4v) is 7.47. The van der Waals surface area contributed by atoms with Crippen LogP contribution < -0.4 is 20.7 Å². The van der Waals surface area contributed by atoms with E-state index < -0.39 is 7.92 Å². The molecule has 0 unspecified atom stereocenters. The molecule has 0 aliphatic rings. The molecule has 0 atom stereocenters. The number of hydrogen-bond donors (Lipinski definition) is 0. The van der Waals surface area contributed by atoms with E-state index in [0.717, 1.165) is 16.7 Å². The molecule has 41 heavy (non-hydrogen) atoms. The highest BCUT2D eigenvalue weighted by Gasteiger charge is 2.22. The molecule has 0 aromatic heterocycles. The Balaban J connectivity index is 1.63. The summed E-state index contributed by atoms with van der Waals surface area (Å²) in [6.07, 6.45) is 2.32. The van der Waals surface area contributed by atoms with Crippen LogP contribution in [-0.2, 0) is 16.0 Å². The van der Waals surface area contributed by atoms with Gasteiger partial charge in [-0.2, -0.15) is 0 Å². The lowest BCUT2D eigenvalue weighted by atomic mass is 9.94. The predicted octanol–water partition coefficient (Wildman–Crippen LogP) is 7.31. The van der Waals surface area contributed by atoms with Crippen LogP contribution in [0.4, 0.5) is 0 Å². The maximum Gasteiger partial charge on any atom is 0.334 e. The van der Waals surface area contributed by atoms with Crippen LogP contribution in [0.3, 0.4) is 0 Å². The van der Waals surface area contributed by atoms with Crippen LogP contribution in [-0.4, -0.2) is 19.7 Å². The summed E-state index contributed by atoms with van der Waals surface area (Å²) in [6, 6.07) is 46.2. The van der Waals surface area contributed by atoms with Crippen molar-refractivity contribution in [2.45, 2.75) is 13.3 Å². The van der Waals surface area contributed by atoms with Gasteiger partial charge >= 0.3 is 5.97 Å². The minimum atomic E-state index is -0.810. The van der Waals surface area contributed by atoms with Crippen molar-refractivity contribution in [2.24, 2.45) is 0 Å². The second-order valence-electron chi connectivity index (χ2n) is 9.49. The monoisotopic (exact) mass is 556 g/mol. The second-order valence-corrected chi connectivity index (χ2v) is 11.7. The fraction of sp³-hybridized carbons (Fsp3) is 0.108. The van der Waals surface area contributed by atoms with Crippen LogP contribution in [0.2, 0.25) is 0 Å². The average molecular weight is 557 g/mol. The van der Waals surface area contributed by atoms with Crippen molar-refractivity contribution in [3.8, 4) is 16.9 Å². The van der Waals surface area contributed by atoms with Crippen LogP contribution in [0, 0.1) is 0 Å². The van der Waals surface area contributed by atoms with Gasteiger partial charge in [0.05, 0.1) is 13.7 Å². The third-order valence-corrected chi connectivity index (χ3v) is 9.37. The van der Waals surface area contributed by atoms with Crippen LogP contribution in [0.15, 0.2) is 139 Å². The summed E-state index contributed by atoms with van der Waals surface area (Å²) in [7, 11) is 0.829. The molecule has 5 rings (SSSR count). The summed E-state index contributed by atoms with van der Waals surface area (Å²) >= 11 is 0. The first-order chi connectivity index (χ1) is 20.2. The van der Waals surface area contributed by atoms with Crippen molar-refractivity contribution in [3.05, 3.63) is 150 Å². The van der Waals surface area contributed by atoms with Crippen molar-refractivity contribution in [3.63, 3.8) is 0 Å². The molecule has 4 heteroatoms. The zero-order valence-electron chi connectivity index (χ0n) is 23.4. The van der Waals surface area contributed by atoms with Gasteiger partial charge in [0.1, 0.15) is 5.75 Å². The third-order valence-electron chi connectivity index (χ3n) is 6.87. The van der Waals surface area contributed by atoms with E-state index in [1.54, 1.807) is 7.11 Å². The maximum atomic E-state index is 13.2. The Morgan fingerprint density at radius 3 is 1.90 bits per heavy atom. The van der Waals surface area contributed by atoms with Gasteiger partial charge in [-0.1, -0.05) is 127 Å². The normalized spacial score (nSPS) is 11.3. The number of methoxy groups -OCH3 is 1. The predicted molar refractivity (Wildman–Crippen MR) is 172 cm³/mol. The van der Waals surface area contributed by atoms with E-state index in [1.165, 1.54) is 21.5 Å². The van der Waals surface area contributed by atoms with Crippen LogP contribution >= 0.6 is 7.92 Å². The quantitative estimate of drug-likeness (QED) is 0.103. The Morgan fingerprint density at radius 1 is 0.683 bits per heavy atom. The van der Waals surface area contributed by atoms with Gasteiger partial charge in [0.2, 0.25) is 0 Å². The summed E-state index contributed by atoms with van der Waals surface area (Å²) in [4.78, 5) is 13.2. The molecular formula is C37H33O3P. The molecule has 0 saturated heterocycles. The van der Waals surface area contributed by atoms with Crippen molar-refractivity contribution in [2.75, 3.05) is 13.7 Å². The molecule has 0 saturated carbocycles. The summed E-state index contributed by atoms with van der Waals surface area (Å²) < 4.78 is 11.1. The molecule has 204 valence electrons. The molecule has 0 spiro atoms. The fourth-order valence-electron chi connectivity index (χ4n) is 5.00. The Kier molecular flexibility index (Phi) is 9.41. The van der Waals surface area contributed by atoms with E-state index in [-0.39, 0.29) is 5.97 Å². The molecule has 0 fully saturated rings. The van der Waals surface area contributed by atoms with E-state index in [0.29, 0.717) is 24.4 Å². The minimum absolute atomic E-state index is 0.311. The molecule has 3 nitrogen and oxygen atoms in total.